The van der Waals surface area contributed by atoms with Gasteiger partial charge in [-0.05, 0) is 77.0 Å². The van der Waals surface area contributed by atoms with Crippen LogP contribution in [-0.2, 0) is 14.3 Å². The van der Waals surface area contributed by atoms with Crippen molar-refractivity contribution in [3.63, 3.8) is 0 Å². The topological polar surface area (TPSA) is 95.9 Å². The molecular weight excluding hydrogens is 779 g/mol. The highest BCUT2D eigenvalue weighted by molar-refractivity contribution is 5.76. The number of hydrogen-bond acceptors (Lipinski definition) is 5. The number of ether oxygens (including phenoxy) is 1. The van der Waals surface area contributed by atoms with Crippen molar-refractivity contribution in [1.29, 1.82) is 0 Å². The molecule has 0 spiro atoms. The lowest BCUT2D eigenvalue weighted by molar-refractivity contribution is -0.143. The SMILES string of the molecule is CCCCC/C=C\CCCCCCCC(=O)OCCCCCCCCCCC/C=C\CCCCCCCCCC(=O)NC(CO)C(O)CCCCCCCCCCCCCCCC. The van der Waals surface area contributed by atoms with Gasteiger partial charge in [-0.2, -0.15) is 0 Å². The van der Waals surface area contributed by atoms with E-state index in [1.807, 2.05) is 0 Å². The number of allylic oxidation sites excluding steroid dienone is 4. The van der Waals surface area contributed by atoms with Crippen LogP contribution in [0.4, 0.5) is 0 Å². The van der Waals surface area contributed by atoms with Crippen molar-refractivity contribution in [1.82, 2.24) is 5.32 Å². The Morgan fingerprint density at radius 3 is 1.16 bits per heavy atom. The van der Waals surface area contributed by atoms with Crippen molar-refractivity contribution in [3.8, 4) is 0 Å². The van der Waals surface area contributed by atoms with E-state index in [4.69, 9.17) is 4.74 Å². The van der Waals surface area contributed by atoms with E-state index in [0.29, 0.717) is 25.9 Å². The Balaban J connectivity index is 3.44. The first kappa shape index (κ1) is 61.3. The lowest BCUT2D eigenvalue weighted by Gasteiger charge is -2.22. The lowest BCUT2D eigenvalue weighted by Crippen LogP contribution is -2.45. The molecule has 2 atom stereocenters. The molecule has 1 amide bonds. The number of aliphatic hydroxyl groups excluding tert-OH is 2. The minimum atomic E-state index is -0.669. The summed E-state index contributed by atoms with van der Waals surface area (Å²) in [7, 11) is 0. The van der Waals surface area contributed by atoms with E-state index in [2.05, 4.69) is 43.5 Å². The highest BCUT2D eigenvalue weighted by atomic mass is 16.5. The first-order valence-electron chi connectivity index (χ1n) is 28.1. The van der Waals surface area contributed by atoms with Gasteiger partial charge in [-0.15, -0.1) is 0 Å². The maximum absolute atomic E-state index is 12.5. The monoisotopic (exact) mass is 888 g/mol. The first-order chi connectivity index (χ1) is 31.0. The molecule has 63 heavy (non-hydrogen) atoms. The van der Waals surface area contributed by atoms with E-state index in [-0.39, 0.29) is 18.5 Å². The van der Waals surface area contributed by atoms with E-state index >= 15 is 0 Å². The highest BCUT2D eigenvalue weighted by Crippen LogP contribution is 2.17. The molecule has 2 unspecified atom stereocenters. The molecule has 0 fully saturated rings. The zero-order valence-corrected chi connectivity index (χ0v) is 42.3. The zero-order chi connectivity index (χ0) is 45.8. The Morgan fingerprint density at radius 2 is 0.746 bits per heavy atom. The minimum absolute atomic E-state index is 0.00390. The molecule has 0 aromatic rings. The van der Waals surface area contributed by atoms with Crippen molar-refractivity contribution in [2.24, 2.45) is 0 Å². The first-order valence-corrected chi connectivity index (χ1v) is 28.1. The van der Waals surface area contributed by atoms with Gasteiger partial charge in [-0.1, -0.05) is 237 Å². The summed E-state index contributed by atoms with van der Waals surface area (Å²) in [6.07, 6.45) is 63.0. The van der Waals surface area contributed by atoms with Crippen LogP contribution in [0.25, 0.3) is 0 Å². The van der Waals surface area contributed by atoms with Crippen LogP contribution in [0.1, 0.15) is 303 Å². The predicted octanol–water partition coefficient (Wildman–Crippen LogP) is 17.1. The molecule has 0 bridgehead atoms. The molecule has 0 radical (unpaired) electrons. The summed E-state index contributed by atoms with van der Waals surface area (Å²) in [5, 5.41) is 23.2. The summed E-state index contributed by atoms with van der Waals surface area (Å²) in [4.78, 5) is 24.4. The molecule has 6 nitrogen and oxygen atoms in total. The van der Waals surface area contributed by atoms with Crippen LogP contribution in [0.5, 0.6) is 0 Å². The van der Waals surface area contributed by atoms with Crippen LogP contribution < -0.4 is 5.32 Å². The number of esters is 1. The fraction of sp³-hybridized carbons (Fsp3) is 0.895. The number of carbonyl (C=O) groups excluding carboxylic acids is 2. The quantitative estimate of drug-likeness (QED) is 0.0321. The molecule has 0 saturated heterocycles. The third kappa shape index (κ3) is 49.6. The smallest absolute Gasteiger partial charge is 0.305 e. The molecule has 0 saturated carbocycles. The van der Waals surface area contributed by atoms with Gasteiger partial charge < -0.3 is 20.3 Å². The third-order valence-corrected chi connectivity index (χ3v) is 13.0. The summed E-state index contributed by atoms with van der Waals surface area (Å²) in [6.45, 7) is 4.92. The van der Waals surface area contributed by atoms with Crippen molar-refractivity contribution < 1.29 is 24.5 Å². The van der Waals surface area contributed by atoms with Gasteiger partial charge >= 0.3 is 5.97 Å². The van der Waals surface area contributed by atoms with Gasteiger partial charge in [0.15, 0.2) is 0 Å². The second kappa shape index (κ2) is 53.0. The maximum atomic E-state index is 12.5. The van der Waals surface area contributed by atoms with Gasteiger partial charge in [-0.3, -0.25) is 9.59 Å². The molecule has 0 aliphatic carbocycles. The predicted molar refractivity (Wildman–Crippen MR) is 273 cm³/mol. The number of unbranched alkanes of at least 4 members (excludes halogenated alkanes) is 37. The van der Waals surface area contributed by atoms with Crippen molar-refractivity contribution in [3.05, 3.63) is 24.3 Å². The Bertz CT molecular complexity index is 982. The number of nitrogens with one attached hydrogen (secondary N) is 1. The van der Waals surface area contributed by atoms with Crippen molar-refractivity contribution >= 4 is 11.9 Å². The third-order valence-electron chi connectivity index (χ3n) is 13.0. The average Bonchev–Trinajstić information content (AvgIpc) is 3.28. The number of carbonyl (C=O) groups is 2. The van der Waals surface area contributed by atoms with Crippen molar-refractivity contribution in [2.45, 2.75) is 315 Å². The van der Waals surface area contributed by atoms with Crippen LogP contribution in [0.2, 0.25) is 0 Å². The number of hydrogen-bond donors (Lipinski definition) is 3. The molecule has 0 aliphatic heterocycles. The average molecular weight is 889 g/mol. The van der Waals surface area contributed by atoms with Crippen LogP contribution in [0, 0.1) is 0 Å². The largest absolute Gasteiger partial charge is 0.466 e. The van der Waals surface area contributed by atoms with E-state index in [1.165, 1.54) is 225 Å². The number of amides is 1. The lowest BCUT2D eigenvalue weighted by atomic mass is 10.0. The normalized spacial score (nSPS) is 12.8. The molecule has 0 aromatic carbocycles. The summed E-state index contributed by atoms with van der Waals surface area (Å²) in [6, 6.07) is -0.547. The zero-order valence-electron chi connectivity index (χ0n) is 42.3. The Hall–Kier alpha value is -1.66. The van der Waals surface area contributed by atoms with Gasteiger partial charge in [0.1, 0.15) is 0 Å². The maximum Gasteiger partial charge on any atom is 0.305 e. The summed E-state index contributed by atoms with van der Waals surface area (Å²) in [5.41, 5.74) is 0. The fourth-order valence-electron chi connectivity index (χ4n) is 8.63. The summed E-state index contributed by atoms with van der Waals surface area (Å²) in [5.74, 6) is -0.0470. The van der Waals surface area contributed by atoms with Gasteiger partial charge in [0, 0.05) is 12.8 Å². The molecular formula is C57H109NO5. The van der Waals surface area contributed by atoms with Gasteiger partial charge in [0.25, 0.3) is 0 Å². The molecule has 0 aromatic heterocycles. The van der Waals surface area contributed by atoms with Crippen LogP contribution in [0.3, 0.4) is 0 Å². The van der Waals surface area contributed by atoms with E-state index in [9.17, 15) is 19.8 Å². The summed E-state index contributed by atoms with van der Waals surface area (Å²) < 4.78 is 5.45. The Kier molecular flexibility index (Phi) is 51.6. The van der Waals surface area contributed by atoms with E-state index < -0.39 is 12.1 Å². The van der Waals surface area contributed by atoms with E-state index in [1.54, 1.807) is 0 Å². The van der Waals surface area contributed by atoms with Crippen LogP contribution in [0.15, 0.2) is 24.3 Å². The number of rotatable bonds is 52. The van der Waals surface area contributed by atoms with Gasteiger partial charge in [0.2, 0.25) is 5.91 Å². The van der Waals surface area contributed by atoms with Gasteiger partial charge in [0.05, 0.1) is 25.4 Å². The second-order valence-electron chi connectivity index (χ2n) is 19.3. The Morgan fingerprint density at radius 1 is 0.429 bits per heavy atom. The molecule has 0 heterocycles. The molecule has 372 valence electrons. The molecule has 0 rings (SSSR count). The fourth-order valence-corrected chi connectivity index (χ4v) is 8.63. The second-order valence-corrected chi connectivity index (χ2v) is 19.3. The highest BCUT2D eigenvalue weighted by Gasteiger charge is 2.20. The molecule has 0 aliphatic rings. The van der Waals surface area contributed by atoms with Crippen LogP contribution >= 0.6 is 0 Å². The van der Waals surface area contributed by atoms with Gasteiger partial charge in [-0.25, -0.2) is 0 Å². The number of aliphatic hydroxyl groups is 2. The van der Waals surface area contributed by atoms with E-state index in [0.717, 1.165) is 44.9 Å². The Labute approximate surface area is 392 Å². The standard InChI is InChI=1S/C57H109NO5/c1-3-5-7-9-11-13-15-17-26-29-33-37-41-45-49-55(60)54(53-59)58-56(61)50-46-42-38-34-30-27-24-22-20-18-19-21-23-25-28-32-36-40-44-48-52-63-57(62)51-47-43-39-35-31-16-14-12-10-8-6-4-2/h12,14,18,20,54-55,59-60H,3-11,13,15-17,19,21-53H2,1-2H3,(H,58,61)/b14-12-,20-18-. The molecule has 6 heteroatoms. The summed E-state index contributed by atoms with van der Waals surface area (Å²) >= 11 is 0. The molecule has 3 N–H and O–H groups in total. The van der Waals surface area contributed by atoms with Crippen LogP contribution in [-0.4, -0.2) is 47.4 Å². The van der Waals surface area contributed by atoms with Crippen molar-refractivity contribution in [2.75, 3.05) is 13.2 Å². The minimum Gasteiger partial charge on any atom is -0.466 e.